The van der Waals surface area contributed by atoms with Gasteiger partial charge in [0.05, 0.1) is 12.6 Å². The summed E-state index contributed by atoms with van der Waals surface area (Å²) in [5, 5.41) is 12.7. The second-order valence-electron chi connectivity index (χ2n) is 5.01. The highest BCUT2D eigenvalue weighted by molar-refractivity contribution is 5.50. The van der Waals surface area contributed by atoms with Crippen LogP contribution in [-0.4, -0.2) is 41.3 Å². The van der Waals surface area contributed by atoms with Crippen LogP contribution in [0.3, 0.4) is 0 Å². The molecule has 5 nitrogen and oxygen atoms in total. The Hall–Kier alpha value is -1.36. The van der Waals surface area contributed by atoms with Crippen molar-refractivity contribution in [1.82, 2.24) is 9.97 Å². The van der Waals surface area contributed by atoms with Gasteiger partial charge in [-0.1, -0.05) is 19.8 Å². The molecule has 0 aromatic carbocycles. The SMILES string of the molecule is CCc1nc(NC)cc(N2CCCCCC2CO)n1. The van der Waals surface area contributed by atoms with Crippen LogP contribution >= 0.6 is 0 Å². The van der Waals surface area contributed by atoms with Crippen molar-refractivity contribution in [2.75, 3.05) is 30.4 Å². The van der Waals surface area contributed by atoms with E-state index >= 15 is 0 Å². The van der Waals surface area contributed by atoms with E-state index in [1.54, 1.807) is 0 Å². The normalized spacial score (nSPS) is 20.2. The van der Waals surface area contributed by atoms with Crippen molar-refractivity contribution in [3.8, 4) is 0 Å². The van der Waals surface area contributed by atoms with Crippen molar-refractivity contribution in [3.05, 3.63) is 11.9 Å². The van der Waals surface area contributed by atoms with Gasteiger partial charge in [-0.3, -0.25) is 0 Å². The molecule has 106 valence electrons. The Morgan fingerprint density at radius 1 is 1.37 bits per heavy atom. The molecule has 5 heteroatoms. The van der Waals surface area contributed by atoms with Crippen molar-refractivity contribution in [1.29, 1.82) is 0 Å². The first-order chi connectivity index (χ1) is 9.28. The predicted molar refractivity (Wildman–Crippen MR) is 77.6 cm³/mol. The summed E-state index contributed by atoms with van der Waals surface area (Å²) in [6.45, 7) is 3.22. The van der Waals surface area contributed by atoms with Gasteiger partial charge < -0.3 is 15.3 Å². The molecule has 2 rings (SSSR count). The second kappa shape index (κ2) is 6.70. The van der Waals surface area contributed by atoms with E-state index in [1.807, 2.05) is 13.1 Å². The fraction of sp³-hybridized carbons (Fsp3) is 0.714. The zero-order chi connectivity index (χ0) is 13.7. The first-order valence-electron chi connectivity index (χ1n) is 7.21. The fourth-order valence-electron chi connectivity index (χ4n) is 2.59. The molecule has 0 bridgehead atoms. The minimum Gasteiger partial charge on any atom is -0.394 e. The average Bonchev–Trinajstić information content (AvgIpc) is 2.71. The highest BCUT2D eigenvalue weighted by atomic mass is 16.3. The Morgan fingerprint density at radius 3 is 2.89 bits per heavy atom. The molecule has 2 heterocycles. The second-order valence-corrected chi connectivity index (χ2v) is 5.01. The van der Waals surface area contributed by atoms with E-state index in [9.17, 15) is 5.11 Å². The Morgan fingerprint density at radius 2 is 2.21 bits per heavy atom. The molecule has 0 amide bonds. The molecular formula is C14H24N4O. The van der Waals surface area contributed by atoms with Crippen LogP contribution in [0.2, 0.25) is 0 Å². The summed E-state index contributed by atoms with van der Waals surface area (Å²) < 4.78 is 0. The van der Waals surface area contributed by atoms with E-state index in [0.717, 1.165) is 43.3 Å². The molecule has 1 fully saturated rings. The third-order valence-corrected chi connectivity index (χ3v) is 3.71. The number of hydrogen-bond donors (Lipinski definition) is 2. The molecule has 1 aliphatic rings. The number of rotatable bonds is 4. The van der Waals surface area contributed by atoms with Gasteiger partial charge in [0.25, 0.3) is 0 Å². The minimum atomic E-state index is 0.187. The largest absolute Gasteiger partial charge is 0.394 e. The molecule has 1 saturated heterocycles. The maximum atomic E-state index is 9.60. The summed E-state index contributed by atoms with van der Waals surface area (Å²) in [6, 6.07) is 2.17. The van der Waals surface area contributed by atoms with E-state index in [-0.39, 0.29) is 12.6 Å². The Bertz CT molecular complexity index is 388. The number of nitrogens with zero attached hydrogens (tertiary/aromatic N) is 3. The zero-order valence-electron chi connectivity index (χ0n) is 11.9. The van der Waals surface area contributed by atoms with Crippen molar-refractivity contribution >= 4 is 11.6 Å². The highest BCUT2D eigenvalue weighted by Gasteiger charge is 2.22. The summed E-state index contributed by atoms with van der Waals surface area (Å²) in [4.78, 5) is 11.3. The maximum Gasteiger partial charge on any atom is 0.134 e. The lowest BCUT2D eigenvalue weighted by molar-refractivity contribution is 0.254. The minimum absolute atomic E-state index is 0.187. The average molecular weight is 264 g/mol. The monoisotopic (exact) mass is 264 g/mol. The third kappa shape index (κ3) is 3.35. The number of aromatic nitrogens is 2. The van der Waals surface area contributed by atoms with Crippen LogP contribution in [0.4, 0.5) is 11.6 Å². The molecule has 0 spiro atoms. The lowest BCUT2D eigenvalue weighted by atomic mass is 10.1. The van der Waals surface area contributed by atoms with E-state index in [2.05, 4.69) is 27.1 Å². The van der Waals surface area contributed by atoms with Crippen LogP contribution < -0.4 is 10.2 Å². The van der Waals surface area contributed by atoms with Crippen molar-refractivity contribution in [3.63, 3.8) is 0 Å². The number of anilines is 2. The van der Waals surface area contributed by atoms with Crippen LogP contribution in [0.5, 0.6) is 0 Å². The van der Waals surface area contributed by atoms with Gasteiger partial charge in [0.2, 0.25) is 0 Å². The highest BCUT2D eigenvalue weighted by Crippen LogP contribution is 2.24. The zero-order valence-corrected chi connectivity index (χ0v) is 11.9. The van der Waals surface area contributed by atoms with Crippen LogP contribution in [0, 0.1) is 0 Å². The summed E-state index contributed by atoms with van der Waals surface area (Å²) in [5.41, 5.74) is 0. The van der Waals surface area contributed by atoms with E-state index < -0.39 is 0 Å². The summed E-state index contributed by atoms with van der Waals surface area (Å²) in [7, 11) is 1.87. The van der Waals surface area contributed by atoms with Gasteiger partial charge >= 0.3 is 0 Å². The molecule has 2 N–H and O–H groups in total. The van der Waals surface area contributed by atoms with E-state index in [4.69, 9.17) is 0 Å². The van der Waals surface area contributed by atoms with Crippen molar-refractivity contribution in [2.45, 2.75) is 45.1 Å². The number of hydrogen-bond acceptors (Lipinski definition) is 5. The number of nitrogens with one attached hydrogen (secondary N) is 1. The van der Waals surface area contributed by atoms with Crippen LogP contribution in [0.15, 0.2) is 6.07 Å². The van der Waals surface area contributed by atoms with Crippen molar-refractivity contribution in [2.24, 2.45) is 0 Å². The van der Waals surface area contributed by atoms with Gasteiger partial charge in [0.1, 0.15) is 17.5 Å². The molecule has 0 saturated carbocycles. The summed E-state index contributed by atoms with van der Waals surface area (Å²) >= 11 is 0. The van der Waals surface area contributed by atoms with Gasteiger partial charge in [-0.2, -0.15) is 0 Å². The quantitative estimate of drug-likeness (QED) is 0.868. The van der Waals surface area contributed by atoms with E-state index in [1.165, 1.54) is 12.8 Å². The molecule has 1 atom stereocenters. The number of aliphatic hydroxyl groups is 1. The topological polar surface area (TPSA) is 61.3 Å². The number of aryl methyl sites for hydroxylation is 1. The molecular weight excluding hydrogens is 240 g/mol. The van der Waals surface area contributed by atoms with Crippen molar-refractivity contribution < 1.29 is 5.11 Å². The van der Waals surface area contributed by atoms with E-state index in [0.29, 0.717) is 0 Å². The first-order valence-corrected chi connectivity index (χ1v) is 7.21. The predicted octanol–water partition coefficient (Wildman–Crippen LogP) is 1.82. The fourth-order valence-corrected chi connectivity index (χ4v) is 2.59. The van der Waals surface area contributed by atoms with Gasteiger partial charge in [-0.05, 0) is 12.8 Å². The first kappa shape index (κ1) is 14.1. The van der Waals surface area contributed by atoms with Gasteiger partial charge in [0.15, 0.2) is 0 Å². The molecule has 1 unspecified atom stereocenters. The van der Waals surface area contributed by atoms with Crippen LogP contribution in [0.25, 0.3) is 0 Å². The maximum absolute atomic E-state index is 9.60. The number of aliphatic hydroxyl groups excluding tert-OH is 1. The molecule has 1 aliphatic heterocycles. The standard InChI is InChI=1S/C14H24N4O/c1-3-12-16-13(15-2)9-14(17-12)18-8-6-4-5-7-11(18)10-19/h9,11,19H,3-8,10H2,1-2H3,(H,15,16,17). The van der Waals surface area contributed by atoms with Crippen LogP contribution in [-0.2, 0) is 6.42 Å². The molecule has 1 aromatic heterocycles. The molecule has 1 aromatic rings. The van der Waals surface area contributed by atoms with Gasteiger partial charge in [-0.25, -0.2) is 9.97 Å². The molecule has 0 radical (unpaired) electrons. The summed E-state index contributed by atoms with van der Waals surface area (Å²) in [6.07, 6.45) is 5.44. The Balaban J connectivity index is 2.31. The van der Waals surface area contributed by atoms with Gasteiger partial charge in [-0.15, -0.1) is 0 Å². The lowest BCUT2D eigenvalue weighted by Gasteiger charge is -2.30. The smallest absolute Gasteiger partial charge is 0.134 e. The van der Waals surface area contributed by atoms with Gasteiger partial charge in [0, 0.05) is 26.1 Å². The summed E-state index contributed by atoms with van der Waals surface area (Å²) in [5.74, 6) is 2.64. The lowest BCUT2D eigenvalue weighted by Crippen LogP contribution is -2.38. The van der Waals surface area contributed by atoms with Crippen LogP contribution in [0.1, 0.15) is 38.4 Å². The molecule has 0 aliphatic carbocycles. The molecule has 19 heavy (non-hydrogen) atoms. The Kier molecular flexibility index (Phi) is 4.96. The Labute approximate surface area is 115 Å². The third-order valence-electron chi connectivity index (χ3n) is 3.71.